The predicted molar refractivity (Wildman–Crippen MR) is 99.8 cm³/mol. The molecule has 2 heterocycles. The van der Waals surface area contributed by atoms with Crippen LogP contribution in [-0.2, 0) is 0 Å². The van der Waals surface area contributed by atoms with E-state index in [0.717, 1.165) is 38.0 Å². The summed E-state index contributed by atoms with van der Waals surface area (Å²) in [6, 6.07) is 6.07. The zero-order valence-electron chi connectivity index (χ0n) is 15.2. The van der Waals surface area contributed by atoms with Crippen LogP contribution in [-0.4, -0.2) is 61.0 Å². The van der Waals surface area contributed by atoms with E-state index in [9.17, 15) is 9.18 Å². The van der Waals surface area contributed by atoms with Crippen LogP contribution in [0.5, 0.6) is 0 Å². The summed E-state index contributed by atoms with van der Waals surface area (Å²) in [5.41, 5.74) is 1.21. The molecule has 26 heavy (non-hydrogen) atoms. The molecule has 1 aromatic carbocycles. The maximum absolute atomic E-state index is 13.2. The third-order valence-corrected chi connectivity index (χ3v) is 4.37. The Hall–Kier alpha value is -2.54. The highest BCUT2D eigenvalue weighted by atomic mass is 19.1. The van der Waals surface area contributed by atoms with Crippen LogP contribution in [0.4, 0.5) is 10.2 Å². The average Bonchev–Trinajstić information content (AvgIpc) is 3.16. The number of rotatable bonds is 6. The second-order valence-electron chi connectivity index (χ2n) is 6.69. The fourth-order valence-corrected chi connectivity index (χ4v) is 2.93. The van der Waals surface area contributed by atoms with E-state index in [1.807, 2.05) is 19.0 Å². The number of aromatic nitrogens is 2. The lowest BCUT2D eigenvalue weighted by Crippen LogP contribution is -2.33. The van der Waals surface area contributed by atoms with Gasteiger partial charge in [0.05, 0.1) is 0 Å². The van der Waals surface area contributed by atoms with E-state index in [1.165, 1.54) is 12.1 Å². The Labute approximate surface area is 153 Å². The molecule has 1 aliphatic rings. The number of amides is 1. The molecule has 1 N–H and O–H groups in total. The van der Waals surface area contributed by atoms with Crippen LogP contribution in [0.15, 0.2) is 30.5 Å². The van der Waals surface area contributed by atoms with Gasteiger partial charge in [-0.25, -0.2) is 14.4 Å². The van der Waals surface area contributed by atoms with E-state index < -0.39 is 0 Å². The molecule has 0 spiro atoms. The smallest absolute Gasteiger partial charge is 0.256 e. The van der Waals surface area contributed by atoms with Gasteiger partial charge in [0.2, 0.25) is 0 Å². The second kappa shape index (κ2) is 8.23. The fraction of sp³-hybridized carbons (Fsp3) is 0.421. The quantitative estimate of drug-likeness (QED) is 0.859. The van der Waals surface area contributed by atoms with Crippen molar-refractivity contribution in [2.45, 2.75) is 12.8 Å². The van der Waals surface area contributed by atoms with Gasteiger partial charge in [0.25, 0.3) is 5.91 Å². The third kappa shape index (κ3) is 4.35. The minimum absolute atomic E-state index is 0.167. The molecule has 7 heteroatoms. The van der Waals surface area contributed by atoms with Crippen LogP contribution in [0.3, 0.4) is 0 Å². The van der Waals surface area contributed by atoms with Crippen molar-refractivity contribution >= 4 is 11.7 Å². The van der Waals surface area contributed by atoms with Crippen molar-refractivity contribution < 1.29 is 9.18 Å². The standard InChI is InChI=1S/C19H24FN5O/c1-24(2)12-9-21-19(26)16-13-22-17(14-5-7-15(20)8-6-14)23-18(16)25-10-3-4-11-25/h5-8,13H,3-4,9-12H2,1-2H3,(H,21,26). The molecule has 1 aliphatic heterocycles. The fourth-order valence-electron chi connectivity index (χ4n) is 2.93. The minimum Gasteiger partial charge on any atom is -0.356 e. The number of nitrogens with one attached hydrogen (secondary N) is 1. The number of nitrogens with zero attached hydrogens (tertiary/aromatic N) is 4. The highest BCUT2D eigenvalue weighted by Gasteiger charge is 2.22. The first-order chi connectivity index (χ1) is 12.5. The number of benzene rings is 1. The molecular weight excluding hydrogens is 333 g/mol. The van der Waals surface area contributed by atoms with Crippen molar-refractivity contribution in [1.82, 2.24) is 20.2 Å². The van der Waals surface area contributed by atoms with E-state index in [-0.39, 0.29) is 11.7 Å². The van der Waals surface area contributed by atoms with Gasteiger partial charge in [0, 0.05) is 37.9 Å². The molecule has 1 amide bonds. The topological polar surface area (TPSA) is 61.4 Å². The number of likely N-dealkylation sites (N-methyl/N-ethyl adjacent to an activating group) is 1. The van der Waals surface area contributed by atoms with Gasteiger partial charge in [-0.05, 0) is 51.2 Å². The van der Waals surface area contributed by atoms with Crippen LogP contribution in [0.25, 0.3) is 11.4 Å². The maximum Gasteiger partial charge on any atom is 0.256 e. The van der Waals surface area contributed by atoms with E-state index in [4.69, 9.17) is 0 Å². The van der Waals surface area contributed by atoms with Crippen molar-refractivity contribution in [3.8, 4) is 11.4 Å². The summed E-state index contributed by atoms with van der Waals surface area (Å²) < 4.78 is 13.2. The largest absolute Gasteiger partial charge is 0.356 e. The first-order valence-corrected chi connectivity index (χ1v) is 8.85. The van der Waals surface area contributed by atoms with Gasteiger partial charge in [0.1, 0.15) is 17.2 Å². The zero-order chi connectivity index (χ0) is 18.5. The van der Waals surface area contributed by atoms with Gasteiger partial charge < -0.3 is 15.1 Å². The summed E-state index contributed by atoms with van der Waals surface area (Å²) in [5, 5.41) is 2.92. The first kappa shape index (κ1) is 18.3. The van der Waals surface area contributed by atoms with Gasteiger partial charge in [-0.2, -0.15) is 0 Å². The van der Waals surface area contributed by atoms with Gasteiger partial charge >= 0.3 is 0 Å². The van der Waals surface area contributed by atoms with Crippen LogP contribution in [0.2, 0.25) is 0 Å². The summed E-state index contributed by atoms with van der Waals surface area (Å²) in [6.45, 7) is 3.07. The predicted octanol–water partition coefficient (Wildman–Crippen LogP) is 2.17. The summed E-state index contributed by atoms with van der Waals surface area (Å²) in [5.74, 6) is 0.681. The Kier molecular flexibility index (Phi) is 5.78. The van der Waals surface area contributed by atoms with Crippen molar-refractivity contribution in [2.24, 2.45) is 0 Å². The zero-order valence-corrected chi connectivity index (χ0v) is 15.2. The van der Waals surface area contributed by atoms with E-state index in [1.54, 1.807) is 18.3 Å². The molecular formula is C19H24FN5O. The molecule has 1 saturated heterocycles. The Morgan fingerprint density at radius 1 is 1.23 bits per heavy atom. The number of hydrogen-bond acceptors (Lipinski definition) is 5. The van der Waals surface area contributed by atoms with Crippen LogP contribution < -0.4 is 10.2 Å². The Bertz CT molecular complexity index is 757. The van der Waals surface area contributed by atoms with Crippen molar-refractivity contribution in [1.29, 1.82) is 0 Å². The molecule has 0 radical (unpaired) electrons. The number of carbonyl (C=O) groups excluding carboxylic acids is 1. The first-order valence-electron chi connectivity index (χ1n) is 8.85. The summed E-state index contributed by atoms with van der Waals surface area (Å²) >= 11 is 0. The SMILES string of the molecule is CN(C)CCNC(=O)c1cnc(-c2ccc(F)cc2)nc1N1CCCC1. The van der Waals surface area contributed by atoms with E-state index in [2.05, 4.69) is 20.2 Å². The lowest BCUT2D eigenvalue weighted by molar-refractivity contribution is 0.0951. The van der Waals surface area contributed by atoms with Crippen molar-refractivity contribution in [3.05, 3.63) is 41.8 Å². The molecule has 0 unspecified atom stereocenters. The van der Waals surface area contributed by atoms with Gasteiger partial charge in [0.15, 0.2) is 5.82 Å². The average molecular weight is 357 g/mol. The lowest BCUT2D eigenvalue weighted by atomic mass is 10.2. The van der Waals surface area contributed by atoms with Crippen LogP contribution >= 0.6 is 0 Å². The Morgan fingerprint density at radius 3 is 2.58 bits per heavy atom. The summed E-state index contributed by atoms with van der Waals surface area (Å²) in [7, 11) is 3.92. The molecule has 3 rings (SSSR count). The van der Waals surface area contributed by atoms with E-state index >= 15 is 0 Å². The minimum atomic E-state index is -0.301. The molecule has 2 aromatic rings. The van der Waals surface area contributed by atoms with Crippen molar-refractivity contribution in [3.63, 3.8) is 0 Å². The Balaban J connectivity index is 1.88. The van der Waals surface area contributed by atoms with Gasteiger partial charge in [-0.15, -0.1) is 0 Å². The molecule has 0 bridgehead atoms. The lowest BCUT2D eigenvalue weighted by Gasteiger charge is -2.20. The molecule has 6 nitrogen and oxygen atoms in total. The summed E-state index contributed by atoms with van der Waals surface area (Å²) in [6.07, 6.45) is 3.74. The normalized spacial score (nSPS) is 14.1. The number of hydrogen-bond donors (Lipinski definition) is 1. The molecule has 0 saturated carbocycles. The number of halogens is 1. The van der Waals surface area contributed by atoms with Crippen LogP contribution in [0.1, 0.15) is 23.2 Å². The van der Waals surface area contributed by atoms with Crippen molar-refractivity contribution in [2.75, 3.05) is 45.2 Å². The van der Waals surface area contributed by atoms with Gasteiger partial charge in [-0.1, -0.05) is 0 Å². The van der Waals surface area contributed by atoms with Gasteiger partial charge in [-0.3, -0.25) is 4.79 Å². The highest BCUT2D eigenvalue weighted by Crippen LogP contribution is 2.25. The summed E-state index contributed by atoms with van der Waals surface area (Å²) in [4.78, 5) is 25.7. The molecule has 138 valence electrons. The second-order valence-corrected chi connectivity index (χ2v) is 6.69. The molecule has 1 aromatic heterocycles. The Morgan fingerprint density at radius 2 is 1.92 bits per heavy atom. The maximum atomic E-state index is 13.2. The molecule has 0 aliphatic carbocycles. The molecule has 0 atom stereocenters. The number of anilines is 1. The van der Waals surface area contributed by atoms with E-state index in [0.29, 0.717) is 23.8 Å². The van der Waals surface area contributed by atoms with Crippen LogP contribution in [0, 0.1) is 5.82 Å². The molecule has 1 fully saturated rings. The number of carbonyl (C=O) groups is 1. The monoisotopic (exact) mass is 357 g/mol. The highest BCUT2D eigenvalue weighted by molar-refractivity contribution is 5.99. The third-order valence-electron chi connectivity index (χ3n) is 4.37.